The molecule has 0 aliphatic carbocycles. The molecule has 1 heterocycles. The zero-order valence-corrected chi connectivity index (χ0v) is 11.1. The summed E-state index contributed by atoms with van der Waals surface area (Å²) in [4.78, 5) is 10.2. The van der Waals surface area contributed by atoms with Gasteiger partial charge >= 0.3 is 0 Å². The molecule has 0 atom stereocenters. The van der Waals surface area contributed by atoms with E-state index >= 15 is 0 Å². The molecule has 0 N–H and O–H groups in total. The van der Waals surface area contributed by atoms with Crippen molar-refractivity contribution in [3.05, 3.63) is 50.1 Å². The number of benzene rings is 1. The van der Waals surface area contributed by atoms with Crippen molar-refractivity contribution in [3.8, 4) is 11.6 Å². The van der Waals surface area contributed by atoms with E-state index < -0.39 is 4.92 Å². The van der Waals surface area contributed by atoms with Gasteiger partial charge in [0.1, 0.15) is 5.75 Å². The first-order valence-corrected chi connectivity index (χ1v) is 5.84. The third-order valence-corrected chi connectivity index (χ3v) is 2.56. The van der Waals surface area contributed by atoms with E-state index in [2.05, 4.69) is 26.1 Å². The molecule has 1 aromatic heterocycles. The number of hydrogen-bond donors (Lipinski definition) is 0. The van der Waals surface area contributed by atoms with E-state index in [-0.39, 0.29) is 22.5 Å². The molecule has 0 saturated heterocycles. The lowest BCUT2D eigenvalue weighted by molar-refractivity contribution is -0.385. The molecule has 0 fully saturated rings. The topological polar surface area (TPSA) is 78.2 Å². The van der Waals surface area contributed by atoms with Crippen LogP contribution in [0, 0.1) is 10.1 Å². The Bertz CT molecular complexity index is 591. The lowest BCUT2D eigenvalue weighted by Gasteiger charge is -2.04. The number of aromatic nitrogens is 2. The third kappa shape index (κ3) is 3.14. The normalized spacial score (nSPS) is 10.1. The van der Waals surface area contributed by atoms with Crippen LogP contribution in [0.1, 0.15) is 0 Å². The van der Waals surface area contributed by atoms with Crippen molar-refractivity contribution in [2.75, 3.05) is 0 Å². The minimum atomic E-state index is -0.509. The van der Waals surface area contributed by atoms with Gasteiger partial charge < -0.3 is 4.74 Å². The number of non-ortho nitro benzene ring substituents is 1. The molecule has 18 heavy (non-hydrogen) atoms. The predicted octanol–water partition coefficient (Wildman–Crippen LogP) is 3.59. The van der Waals surface area contributed by atoms with Gasteiger partial charge in [-0.05, 0) is 12.1 Å². The molecule has 1 aromatic carbocycles. The van der Waals surface area contributed by atoms with Crippen molar-refractivity contribution >= 4 is 33.2 Å². The summed E-state index contributed by atoms with van der Waals surface area (Å²) in [7, 11) is 0. The fourth-order valence-corrected chi connectivity index (χ4v) is 1.75. The van der Waals surface area contributed by atoms with Crippen LogP contribution >= 0.6 is 27.5 Å². The maximum Gasteiger partial charge on any atom is 0.274 e. The second kappa shape index (κ2) is 5.28. The van der Waals surface area contributed by atoms with Crippen molar-refractivity contribution in [3.63, 3.8) is 0 Å². The lowest BCUT2D eigenvalue weighted by atomic mass is 10.3. The monoisotopic (exact) mass is 329 g/mol. The van der Waals surface area contributed by atoms with Gasteiger partial charge in [0.15, 0.2) is 5.15 Å². The number of nitrogens with zero attached hydrogens (tertiary/aromatic N) is 3. The Balaban J connectivity index is 2.28. The SMILES string of the molecule is O=[N+]([O-])c1cc(Br)cc(Oc2ccc(Cl)nn2)c1. The van der Waals surface area contributed by atoms with Crippen molar-refractivity contribution in [2.24, 2.45) is 0 Å². The molecule has 2 aromatic rings. The molecule has 92 valence electrons. The van der Waals surface area contributed by atoms with Gasteiger partial charge in [-0.1, -0.05) is 27.5 Å². The van der Waals surface area contributed by atoms with Crippen molar-refractivity contribution in [1.82, 2.24) is 10.2 Å². The lowest BCUT2D eigenvalue weighted by Crippen LogP contribution is -1.92. The van der Waals surface area contributed by atoms with E-state index in [1.54, 1.807) is 6.07 Å². The molecular weight excluding hydrogens is 325 g/mol. The van der Waals surface area contributed by atoms with E-state index in [0.717, 1.165) is 0 Å². The van der Waals surface area contributed by atoms with Gasteiger partial charge in [0.05, 0.1) is 11.0 Å². The Hall–Kier alpha value is -1.73. The summed E-state index contributed by atoms with van der Waals surface area (Å²) in [5.41, 5.74) is -0.0821. The van der Waals surface area contributed by atoms with Crippen LogP contribution in [0.15, 0.2) is 34.8 Å². The summed E-state index contributed by atoms with van der Waals surface area (Å²) in [6, 6.07) is 7.28. The molecule has 0 saturated carbocycles. The van der Waals surface area contributed by atoms with Gasteiger partial charge in [0.25, 0.3) is 5.69 Å². The van der Waals surface area contributed by atoms with E-state index in [1.807, 2.05) is 0 Å². The summed E-state index contributed by atoms with van der Waals surface area (Å²) < 4.78 is 5.87. The minimum Gasteiger partial charge on any atom is -0.437 e. The predicted molar refractivity (Wildman–Crippen MR) is 67.9 cm³/mol. The number of ether oxygens (including phenoxy) is 1. The van der Waals surface area contributed by atoms with Crippen LogP contribution in [-0.4, -0.2) is 15.1 Å². The highest BCUT2D eigenvalue weighted by atomic mass is 79.9. The Kier molecular flexibility index (Phi) is 3.73. The number of rotatable bonds is 3. The average Bonchev–Trinajstić information content (AvgIpc) is 2.31. The molecule has 2 rings (SSSR count). The van der Waals surface area contributed by atoms with Crippen LogP contribution < -0.4 is 4.74 Å². The summed E-state index contributed by atoms with van der Waals surface area (Å²) >= 11 is 8.75. The molecular formula is C10H5BrClN3O3. The molecule has 0 amide bonds. The van der Waals surface area contributed by atoms with Gasteiger partial charge in [0, 0.05) is 16.6 Å². The second-order valence-electron chi connectivity index (χ2n) is 3.20. The number of hydrogen-bond acceptors (Lipinski definition) is 5. The Labute approximate surface area is 115 Å². The highest BCUT2D eigenvalue weighted by molar-refractivity contribution is 9.10. The van der Waals surface area contributed by atoms with Crippen LogP contribution in [0.5, 0.6) is 11.6 Å². The Morgan fingerprint density at radius 1 is 1.28 bits per heavy atom. The number of nitro groups is 1. The van der Waals surface area contributed by atoms with Gasteiger partial charge in [-0.15, -0.1) is 10.2 Å². The highest BCUT2D eigenvalue weighted by Gasteiger charge is 2.10. The first kappa shape index (κ1) is 12.7. The molecule has 0 spiro atoms. The maximum atomic E-state index is 10.7. The van der Waals surface area contributed by atoms with Crippen LogP contribution in [-0.2, 0) is 0 Å². The fourth-order valence-electron chi connectivity index (χ4n) is 1.19. The van der Waals surface area contributed by atoms with E-state index in [4.69, 9.17) is 16.3 Å². The second-order valence-corrected chi connectivity index (χ2v) is 4.50. The largest absolute Gasteiger partial charge is 0.437 e. The molecule has 0 radical (unpaired) electrons. The summed E-state index contributed by atoms with van der Waals surface area (Å²) in [6.07, 6.45) is 0. The number of nitro benzene ring substituents is 1. The maximum absolute atomic E-state index is 10.7. The highest BCUT2D eigenvalue weighted by Crippen LogP contribution is 2.28. The van der Waals surface area contributed by atoms with Gasteiger partial charge in [-0.25, -0.2) is 0 Å². The molecule has 0 aliphatic rings. The zero-order valence-electron chi connectivity index (χ0n) is 8.71. The van der Waals surface area contributed by atoms with Crippen LogP contribution in [0.2, 0.25) is 5.15 Å². The van der Waals surface area contributed by atoms with Crippen molar-refractivity contribution in [1.29, 1.82) is 0 Å². The Morgan fingerprint density at radius 2 is 2.06 bits per heavy atom. The quantitative estimate of drug-likeness (QED) is 0.635. The first-order chi connectivity index (χ1) is 8.54. The molecule has 0 unspecified atom stereocenters. The van der Waals surface area contributed by atoms with Crippen LogP contribution in [0.4, 0.5) is 5.69 Å². The molecule has 8 heteroatoms. The standard InChI is InChI=1S/C10H5BrClN3O3/c11-6-3-7(15(16)17)5-8(4-6)18-10-2-1-9(12)13-14-10/h1-5H. The van der Waals surface area contributed by atoms with Gasteiger partial charge in [-0.2, -0.15) is 0 Å². The summed E-state index contributed by atoms with van der Waals surface area (Å²) in [5, 5.41) is 18.2. The average molecular weight is 331 g/mol. The summed E-state index contributed by atoms with van der Waals surface area (Å²) in [5.74, 6) is 0.486. The van der Waals surface area contributed by atoms with Crippen molar-refractivity contribution in [2.45, 2.75) is 0 Å². The van der Waals surface area contributed by atoms with Gasteiger partial charge in [-0.3, -0.25) is 10.1 Å². The van der Waals surface area contributed by atoms with Crippen molar-refractivity contribution < 1.29 is 9.66 Å². The number of halogens is 2. The van der Waals surface area contributed by atoms with E-state index in [0.29, 0.717) is 4.47 Å². The van der Waals surface area contributed by atoms with Crippen LogP contribution in [0.3, 0.4) is 0 Å². The minimum absolute atomic E-state index is 0.0821. The Morgan fingerprint density at radius 3 is 2.67 bits per heavy atom. The van der Waals surface area contributed by atoms with E-state index in [1.165, 1.54) is 24.3 Å². The molecule has 0 bridgehead atoms. The molecule has 0 aliphatic heterocycles. The zero-order chi connectivity index (χ0) is 13.1. The smallest absolute Gasteiger partial charge is 0.274 e. The van der Waals surface area contributed by atoms with E-state index in [9.17, 15) is 10.1 Å². The first-order valence-electron chi connectivity index (χ1n) is 4.66. The fraction of sp³-hybridized carbons (Fsp3) is 0. The van der Waals surface area contributed by atoms with Crippen LogP contribution in [0.25, 0.3) is 0 Å². The third-order valence-electron chi connectivity index (χ3n) is 1.90. The summed E-state index contributed by atoms with van der Waals surface area (Å²) in [6.45, 7) is 0. The molecule has 6 nitrogen and oxygen atoms in total. The van der Waals surface area contributed by atoms with Gasteiger partial charge in [0.2, 0.25) is 5.88 Å².